The predicted molar refractivity (Wildman–Crippen MR) is 160 cm³/mol. The normalized spacial score (nSPS) is 27.4. The highest BCUT2D eigenvalue weighted by molar-refractivity contribution is 14.8. The molecule has 3 aliphatic heterocycles. The van der Waals surface area contributed by atoms with Gasteiger partial charge in [-0.05, 0) is 56.2 Å². The van der Waals surface area contributed by atoms with Gasteiger partial charge in [0, 0.05) is 76.1 Å². The van der Waals surface area contributed by atoms with E-state index in [0.29, 0.717) is 6.54 Å². The second kappa shape index (κ2) is 11.5. The average Bonchev–Trinajstić information content (AvgIpc) is 3.71. The Balaban J connectivity index is 1.21. The lowest BCUT2D eigenvalue weighted by molar-refractivity contribution is -0.148. The Labute approximate surface area is 255 Å². The third-order valence-electron chi connectivity index (χ3n) is 8.55. The number of amides is 5. The van der Waals surface area contributed by atoms with E-state index < -0.39 is 88.2 Å². The number of benzene rings is 1. The van der Waals surface area contributed by atoms with E-state index in [1.165, 1.54) is 11.8 Å². The summed E-state index contributed by atoms with van der Waals surface area (Å²) in [5.41, 5.74) is 3.87. The molecule has 232 valence electrons. The first-order chi connectivity index (χ1) is 19.6. The number of hydrogen-bond donors (Lipinski definition) is 3. The number of nitrogens with one attached hydrogen (secondary N) is 1. The van der Waals surface area contributed by atoms with Gasteiger partial charge in [0.15, 0.2) is 0 Å². The van der Waals surface area contributed by atoms with E-state index in [4.69, 9.17) is 5.73 Å². The first kappa shape index (κ1) is 31.5. The number of halogens is 6. The maximum atomic E-state index is 14.5. The first-order valence-electron chi connectivity index (χ1n) is 13.5. The molecule has 1 aromatic rings. The van der Waals surface area contributed by atoms with Crippen molar-refractivity contribution in [2.24, 2.45) is 11.1 Å². The molecular formula is C26H31F4I2N5O5. The Morgan fingerprint density at radius 3 is 2.36 bits per heavy atom. The van der Waals surface area contributed by atoms with Crippen LogP contribution in [0.2, 0.25) is 0 Å². The number of hydrogen-bond acceptors (Lipinski definition) is 5. The van der Waals surface area contributed by atoms with Gasteiger partial charge in [-0.2, -0.15) is 17.6 Å². The number of alkyl halides is 6. The number of aliphatic hydroxyl groups excluding tert-OH is 1. The Morgan fingerprint density at radius 1 is 1.07 bits per heavy atom. The highest BCUT2D eigenvalue weighted by atomic mass is 128. The summed E-state index contributed by atoms with van der Waals surface area (Å²) in [6.07, 6.45) is 2.49. The number of rotatable bonds is 6. The van der Waals surface area contributed by atoms with E-state index in [1.54, 1.807) is 4.90 Å². The van der Waals surface area contributed by atoms with Crippen molar-refractivity contribution in [2.45, 2.75) is 65.1 Å². The Hall–Kier alpha value is -1.96. The van der Waals surface area contributed by atoms with Crippen LogP contribution in [0.15, 0.2) is 18.2 Å². The molecule has 1 saturated carbocycles. The van der Waals surface area contributed by atoms with E-state index >= 15 is 0 Å². The lowest BCUT2D eigenvalue weighted by Crippen LogP contribution is -2.66. The molecule has 4 aliphatic rings. The van der Waals surface area contributed by atoms with E-state index in [-0.39, 0.29) is 49.5 Å². The molecule has 5 rings (SSSR count). The molecule has 0 aromatic heterocycles. The molecule has 3 heterocycles. The van der Waals surface area contributed by atoms with Gasteiger partial charge in [-0.1, -0.05) is 0 Å². The van der Waals surface area contributed by atoms with Crippen molar-refractivity contribution < 1.29 is 41.8 Å². The Kier molecular flexibility index (Phi) is 8.63. The monoisotopic (exact) mass is 823 g/mol. The van der Waals surface area contributed by atoms with Crippen LogP contribution in [-0.2, 0) is 22.2 Å². The third-order valence-corrected chi connectivity index (χ3v) is 19.2. The SMILES string of the molecule is C[C@H]1C(=O)N(CCCC(=O)N2CCC3(CC3)[C@H](O)C2)[C@H](C(N)=O)CN1C(=O)Nc1ccc2c(c1)C(F)(F)I=IC2(F)F. The smallest absolute Gasteiger partial charge is 0.322 e. The topological polar surface area (TPSA) is 136 Å². The number of β-amino-alcohol motifs (C(OH)–C–C–N with tert-alkyl or cyclic N) is 1. The van der Waals surface area contributed by atoms with Gasteiger partial charge in [0.2, 0.25) is 17.7 Å². The van der Waals surface area contributed by atoms with Crippen molar-refractivity contribution in [3.8, 4) is 0 Å². The summed E-state index contributed by atoms with van der Waals surface area (Å²) in [6.45, 7) is 2.04. The van der Waals surface area contributed by atoms with Crippen molar-refractivity contribution in [2.75, 3.05) is 31.5 Å². The van der Waals surface area contributed by atoms with Gasteiger partial charge < -0.3 is 30.9 Å². The summed E-state index contributed by atoms with van der Waals surface area (Å²) in [7, 11) is 0. The summed E-state index contributed by atoms with van der Waals surface area (Å²) in [5.74, 6) is -1.60. The zero-order valence-corrected chi connectivity index (χ0v) is 26.9. The number of piperazine rings is 1. The molecule has 0 bridgehead atoms. The molecule has 3 fully saturated rings. The van der Waals surface area contributed by atoms with Crippen molar-refractivity contribution in [3.63, 3.8) is 0 Å². The number of carbonyl (C=O) groups excluding carboxylic acids is 4. The molecule has 0 unspecified atom stereocenters. The highest BCUT2D eigenvalue weighted by Gasteiger charge is 2.52. The largest absolute Gasteiger partial charge is 0.391 e. The lowest BCUT2D eigenvalue weighted by Gasteiger charge is -2.43. The minimum atomic E-state index is -3.34. The maximum absolute atomic E-state index is 14.5. The minimum absolute atomic E-state index is 0.0397. The molecule has 1 spiro atoms. The van der Waals surface area contributed by atoms with Crippen LogP contribution < -0.4 is 11.1 Å². The third kappa shape index (κ3) is 6.03. The summed E-state index contributed by atoms with van der Waals surface area (Å²) in [4.78, 5) is 55.3. The first-order valence-corrected chi connectivity index (χ1v) is 21.9. The van der Waals surface area contributed by atoms with Crippen LogP contribution in [0.4, 0.5) is 28.0 Å². The number of likely N-dealkylation sites (tertiary alicyclic amines) is 1. The van der Waals surface area contributed by atoms with E-state index in [0.717, 1.165) is 42.4 Å². The lowest BCUT2D eigenvalue weighted by atomic mass is 9.90. The number of nitrogens with zero attached hydrogens (tertiary/aromatic N) is 3. The number of primary amides is 1. The highest BCUT2D eigenvalue weighted by Crippen LogP contribution is 2.61. The summed E-state index contributed by atoms with van der Waals surface area (Å²) in [6, 6.07) is -0.257. The number of piperidine rings is 1. The summed E-state index contributed by atoms with van der Waals surface area (Å²) in [5, 5.41) is 12.8. The zero-order valence-electron chi connectivity index (χ0n) is 22.6. The zero-order chi connectivity index (χ0) is 30.6. The van der Waals surface area contributed by atoms with E-state index in [9.17, 15) is 41.8 Å². The Bertz CT molecular complexity index is 1340. The number of urea groups is 1. The van der Waals surface area contributed by atoms with Crippen LogP contribution in [-0.4, -0.2) is 87.9 Å². The second-order valence-electron chi connectivity index (χ2n) is 11.2. The molecule has 2 saturated heterocycles. The molecule has 3 atom stereocenters. The fraction of sp³-hybridized carbons (Fsp3) is 0.615. The van der Waals surface area contributed by atoms with Crippen LogP contribution in [0.1, 0.15) is 50.2 Å². The van der Waals surface area contributed by atoms with Crippen molar-refractivity contribution in [1.29, 1.82) is 0 Å². The fourth-order valence-electron chi connectivity index (χ4n) is 5.75. The van der Waals surface area contributed by atoms with Gasteiger partial charge in [-0.3, -0.25) is 14.4 Å². The van der Waals surface area contributed by atoms with Gasteiger partial charge in [-0.15, -0.1) is 0 Å². The van der Waals surface area contributed by atoms with Gasteiger partial charge in [-0.25, -0.2) is 4.79 Å². The van der Waals surface area contributed by atoms with Crippen molar-refractivity contribution in [3.05, 3.63) is 29.3 Å². The molecule has 1 aromatic carbocycles. The van der Waals surface area contributed by atoms with Crippen LogP contribution in [0.25, 0.3) is 0 Å². The van der Waals surface area contributed by atoms with Crippen molar-refractivity contribution in [1.82, 2.24) is 14.7 Å². The second-order valence-corrected chi connectivity index (χ2v) is 20.2. The quantitative estimate of drug-likeness (QED) is 0.229. The molecular weight excluding hydrogens is 792 g/mol. The minimum Gasteiger partial charge on any atom is -0.391 e. The summed E-state index contributed by atoms with van der Waals surface area (Å²) >= 11 is -4.02. The molecule has 16 heteroatoms. The molecule has 10 nitrogen and oxygen atoms in total. The molecule has 42 heavy (non-hydrogen) atoms. The number of aliphatic hydroxyl groups is 1. The molecule has 1 aliphatic carbocycles. The predicted octanol–water partition coefficient (Wildman–Crippen LogP) is 3.73. The number of carbonyl (C=O) groups is 4. The van der Waals surface area contributed by atoms with Crippen LogP contribution in [0, 0.1) is 5.41 Å². The van der Waals surface area contributed by atoms with Crippen molar-refractivity contribution >= 4 is 62.6 Å². The van der Waals surface area contributed by atoms with E-state index in [1.807, 2.05) is 0 Å². The van der Waals surface area contributed by atoms with E-state index in [2.05, 4.69) is 5.32 Å². The molecule has 4 N–H and O–H groups in total. The van der Waals surface area contributed by atoms with Gasteiger partial charge in [0.05, 0.1) is 12.6 Å². The molecule has 5 amide bonds. The van der Waals surface area contributed by atoms with Gasteiger partial charge >= 0.3 is 13.9 Å². The van der Waals surface area contributed by atoms with Crippen LogP contribution >= 0.6 is 33.2 Å². The van der Waals surface area contributed by atoms with Gasteiger partial charge in [0.1, 0.15) is 12.1 Å². The number of fused-ring (bicyclic) bond motifs is 1. The standard InChI is InChI=1S/C26H31F4I2N5O5/c1-14-22(41)36(9-2-3-20(39)35-10-8-24(6-7-24)19(38)13-35)18(21(33)40)12-37(14)23(42)34-15-4-5-16-17(11-15)26(29,30)32-31-25(16,27)28/h4-5,11,14,18-19,38H,2-3,6-10,12-13H2,1H3,(H2,33,40)(H,34,42)/t14-,18-,19+/m0/s1. The van der Waals surface area contributed by atoms with Crippen LogP contribution in [0.5, 0.6) is 0 Å². The summed E-state index contributed by atoms with van der Waals surface area (Å²) < 4.78 is 50.9. The number of anilines is 1. The fourth-order valence-corrected chi connectivity index (χ4v) is 14.0. The Morgan fingerprint density at radius 2 is 1.74 bits per heavy atom. The maximum Gasteiger partial charge on any atom is 0.322 e. The van der Waals surface area contributed by atoms with Crippen LogP contribution in [0.3, 0.4) is 0 Å². The average molecular weight is 823 g/mol. The number of nitrogens with two attached hydrogens (primary N) is 1. The van der Waals surface area contributed by atoms with Gasteiger partial charge in [0.25, 0.3) is 0 Å². The molecule has 0 radical (unpaired) electrons.